The summed E-state index contributed by atoms with van der Waals surface area (Å²) in [7, 11) is 0. The van der Waals surface area contributed by atoms with Gasteiger partial charge in [-0.15, -0.1) is 0 Å². The summed E-state index contributed by atoms with van der Waals surface area (Å²) in [5, 5.41) is 20.5. The Hall–Kier alpha value is -5.05. The molecule has 4 aromatic rings. The summed E-state index contributed by atoms with van der Waals surface area (Å²) >= 11 is 0. The zero-order valence-electron chi connectivity index (χ0n) is 25.9. The van der Waals surface area contributed by atoms with Crippen molar-refractivity contribution in [2.45, 2.75) is 32.1 Å². The Labute approximate surface area is 269 Å². The summed E-state index contributed by atoms with van der Waals surface area (Å²) in [4.78, 5) is 26.9. The van der Waals surface area contributed by atoms with Crippen LogP contribution in [0.3, 0.4) is 0 Å². The maximum atomic E-state index is 13.1. The Morgan fingerprint density at radius 2 is 1.76 bits per heavy atom. The van der Waals surface area contributed by atoms with Crippen LogP contribution >= 0.6 is 0 Å². The minimum absolute atomic E-state index is 0.434. The summed E-state index contributed by atoms with van der Waals surface area (Å²) < 4.78 is 5.44. The van der Waals surface area contributed by atoms with Crippen LogP contribution in [-0.2, 0) is 11.2 Å². The molecule has 2 amide bonds. The number of hydrogen-bond acceptors (Lipinski definition) is 9. The first-order valence-corrected chi connectivity index (χ1v) is 15.9. The van der Waals surface area contributed by atoms with Crippen molar-refractivity contribution in [2.24, 2.45) is 5.10 Å². The van der Waals surface area contributed by atoms with Crippen molar-refractivity contribution in [1.82, 2.24) is 20.3 Å². The minimum Gasteiger partial charge on any atom is -0.378 e. The number of carbonyl (C=O) groups excluding carboxylic acids is 1. The molecular weight excluding hydrogens is 578 g/mol. The fourth-order valence-corrected chi connectivity index (χ4v) is 5.92. The van der Waals surface area contributed by atoms with Crippen LogP contribution in [-0.4, -0.2) is 73.1 Å². The zero-order chi connectivity index (χ0) is 31.6. The van der Waals surface area contributed by atoms with E-state index in [1.807, 2.05) is 36.4 Å². The molecule has 2 aliphatic heterocycles. The molecule has 0 bridgehead atoms. The molecule has 3 aromatic carbocycles. The maximum absolute atomic E-state index is 13.1. The quantitative estimate of drug-likeness (QED) is 0.154. The predicted molar refractivity (Wildman–Crippen MR) is 182 cm³/mol. The lowest BCUT2D eigenvalue weighted by molar-refractivity contribution is 0.122. The number of hydrazone groups is 1. The van der Waals surface area contributed by atoms with Crippen molar-refractivity contribution in [3.05, 3.63) is 83.7 Å². The molecule has 11 heteroatoms. The fourth-order valence-electron chi connectivity index (χ4n) is 5.92. The van der Waals surface area contributed by atoms with E-state index in [0.29, 0.717) is 17.1 Å². The van der Waals surface area contributed by atoms with E-state index >= 15 is 0 Å². The van der Waals surface area contributed by atoms with Gasteiger partial charge in [0.15, 0.2) is 0 Å². The van der Waals surface area contributed by atoms with Crippen LogP contribution in [0.15, 0.2) is 72.1 Å². The van der Waals surface area contributed by atoms with Gasteiger partial charge in [-0.2, -0.15) is 10.4 Å². The van der Waals surface area contributed by atoms with E-state index in [1.165, 1.54) is 25.6 Å². The van der Waals surface area contributed by atoms with E-state index in [-0.39, 0.29) is 0 Å². The number of nitriles is 1. The van der Waals surface area contributed by atoms with Gasteiger partial charge in [0.1, 0.15) is 12.1 Å². The second kappa shape index (κ2) is 15.3. The molecule has 0 atom stereocenters. The van der Waals surface area contributed by atoms with Crippen molar-refractivity contribution in [2.75, 3.05) is 61.5 Å². The zero-order valence-corrected chi connectivity index (χ0v) is 25.9. The lowest BCUT2D eigenvalue weighted by Crippen LogP contribution is -2.36. The number of ether oxygens (including phenoxy) is 1. The highest BCUT2D eigenvalue weighted by molar-refractivity contribution is 5.98. The van der Waals surface area contributed by atoms with Crippen LogP contribution < -0.4 is 21.0 Å². The third-order valence-corrected chi connectivity index (χ3v) is 8.40. The SMILES string of the molecule is N#Cc1ccc(Nc2ncnc3cc(CCCN4CCCCC4)c(NC(=O)N/N=C/c4ccc(N5CCOCC5)cc4)cc23)cc1. The number of morpholine rings is 1. The first-order valence-electron chi connectivity index (χ1n) is 15.9. The molecule has 1 aromatic heterocycles. The van der Waals surface area contributed by atoms with Gasteiger partial charge < -0.3 is 25.2 Å². The van der Waals surface area contributed by atoms with E-state index in [4.69, 9.17) is 10.00 Å². The number of aromatic nitrogens is 2. The summed E-state index contributed by atoms with van der Waals surface area (Å²) in [5.74, 6) is 0.608. The number of carbonyl (C=O) groups is 1. The molecular formula is C35H39N9O2. The molecule has 0 radical (unpaired) electrons. The third kappa shape index (κ3) is 8.15. The number of anilines is 4. The van der Waals surface area contributed by atoms with E-state index in [0.717, 1.165) is 92.2 Å². The highest BCUT2D eigenvalue weighted by Gasteiger charge is 2.15. The second-order valence-electron chi connectivity index (χ2n) is 11.6. The molecule has 236 valence electrons. The molecule has 2 saturated heterocycles. The normalized spacial score (nSPS) is 15.5. The van der Waals surface area contributed by atoms with E-state index in [1.54, 1.807) is 18.3 Å². The van der Waals surface area contributed by atoms with Crippen LogP contribution in [0.4, 0.5) is 27.7 Å². The van der Waals surface area contributed by atoms with Gasteiger partial charge in [-0.25, -0.2) is 20.2 Å². The largest absolute Gasteiger partial charge is 0.378 e. The number of aryl methyl sites for hydroxylation is 1. The van der Waals surface area contributed by atoms with Gasteiger partial charge in [-0.05, 0) is 105 Å². The van der Waals surface area contributed by atoms with Crippen LogP contribution in [0.25, 0.3) is 10.9 Å². The topological polar surface area (TPSA) is 131 Å². The molecule has 46 heavy (non-hydrogen) atoms. The number of amides is 2. The summed E-state index contributed by atoms with van der Waals surface area (Å²) in [6, 6.07) is 20.9. The Bertz CT molecular complexity index is 1690. The predicted octanol–water partition coefficient (Wildman–Crippen LogP) is 5.66. The Morgan fingerprint density at radius 3 is 2.52 bits per heavy atom. The standard InChI is InChI=1S/C35H39N9O2/c36-23-26-6-10-29(11-7-26)40-34-31-22-32(28(21-33(31)37-25-38-34)5-4-16-43-14-2-1-3-15-43)41-35(45)42-39-24-27-8-12-30(13-9-27)44-17-19-46-20-18-44/h6-13,21-22,24-25H,1-5,14-20H2,(H,37,38,40)(H2,41,42,45)/b39-24+. The van der Waals surface area contributed by atoms with E-state index < -0.39 is 6.03 Å². The van der Waals surface area contributed by atoms with Gasteiger partial charge in [0.25, 0.3) is 0 Å². The molecule has 0 spiro atoms. The summed E-state index contributed by atoms with van der Waals surface area (Å²) in [5.41, 5.74) is 8.50. The number of nitrogens with one attached hydrogen (secondary N) is 3. The van der Waals surface area contributed by atoms with Gasteiger partial charge in [-0.3, -0.25) is 0 Å². The first kappa shape index (κ1) is 31.0. The van der Waals surface area contributed by atoms with Crippen molar-refractivity contribution >= 4 is 46.0 Å². The number of rotatable bonds is 10. The molecule has 0 unspecified atom stereocenters. The van der Waals surface area contributed by atoms with Crippen molar-refractivity contribution < 1.29 is 9.53 Å². The summed E-state index contributed by atoms with van der Waals surface area (Å²) in [6.45, 7) is 6.55. The van der Waals surface area contributed by atoms with Gasteiger partial charge in [0.05, 0.1) is 36.6 Å². The lowest BCUT2D eigenvalue weighted by atomic mass is 10.0. The lowest BCUT2D eigenvalue weighted by Gasteiger charge is -2.28. The van der Waals surface area contributed by atoms with E-state index in [2.05, 4.69) is 59.1 Å². The molecule has 2 aliphatic rings. The summed E-state index contributed by atoms with van der Waals surface area (Å²) in [6.07, 6.45) is 8.76. The maximum Gasteiger partial charge on any atom is 0.339 e. The molecule has 0 aliphatic carbocycles. The van der Waals surface area contributed by atoms with Crippen molar-refractivity contribution in [3.8, 4) is 6.07 Å². The van der Waals surface area contributed by atoms with Crippen LogP contribution in [0, 0.1) is 11.3 Å². The molecule has 6 rings (SSSR count). The van der Waals surface area contributed by atoms with Crippen molar-refractivity contribution in [3.63, 3.8) is 0 Å². The number of benzene rings is 3. The van der Waals surface area contributed by atoms with Gasteiger partial charge in [0.2, 0.25) is 0 Å². The third-order valence-electron chi connectivity index (χ3n) is 8.40. The smallest absolute Gasteiger partial charge is 0.339 e. The number of piperidine rings is 1. The molecule has 11 nitrogen and oxygen atoms in total. The molecule has 0 saturated carbocycles. The van der Waals surface area contributed by atoms with Crippen LogP contribution in [0.2, 0.25) is 0 Å². The van der Waals surface area contributed by atoms with Gasteiger partial charge >= 0.3 is 6.03 Å². The Morgan fingerprint density at radius 1 is 0.978 bits per heavy atom. The average Bonchev–Trinajstić information content (AvgIpc) is 3.10. The highest BCUT2D eigenvalue weighted by Crippen LogP contribution is 2.30. The molecule has 3 N–H and O–H groups in total. The van der Waals surface area contributed by atoms with E-state index in [9.17, 15) is 4.79 Å². The number of fused-ring (bicyclic) bond motifs is 1. The van der Waals surface area contributed by atoms with Crippen LogP contribution in [0.1, 0.15) is 42.4 Å². The monoisotopic (exact) mass is 617 g/mol. The van der Waals surface area contributed by atoms with Gasteiger partial charge in [0, 0.05) is 35.5 Å². The number of nitrogens with zero attached hydrogens (tertiary/aromatic N) is 6. The Kier molecular flexibility index (Phi) is 10.3. The number of likely N-dealkylation sites (tertiary alicyclic amines) is 1. The fraction of sp³-hybridized carbons (Fsp3) is 0.343. The van der Waals surface area contributed by atoms with Crippen molar-refractivity contribution in [1.29, 1.82) is 5.26 Å². The van der Waals surface area contributed by atoms with Crippen LogP contribution in [0.5, 0.6) is 0 Å². The Balaban J connectivity index is 1.17. The number of hydrogen-bond donors (Lipinski definition) is 3. The van der Waals surface area contributed by atoms with Gasteiger partial charge in [-0.1, -0.05) is 18.6 Å². The minimum atomic E-state index is -0.434. The highest BCUT2D eigenvalue weighted by atomic mass is 16.5. The second-order valence-corrected chi connectivity index (χ2v) is 11.6. The molecule has 3 heterocycles. The molecule has 2 fully saturated rings. The average molecular weight is 618 g/mol. The number of urea groups is 1. The first-order chi connectivity index (χ1) is 22.6.